The van der Waals surface area contributed by atoms with E-state index in [0.29, 0.717) is 11.0 Å². The van der Waals surface area contributed by atoms with Gasteiger partial charge in [0.25, 0.3) is 6.43 Å². The first-order valence-corrected chi connectivity index (χ1v) is 4.84. The van der Waals surface area contributed by atoms with Crippen molar-refractivity contribution in [3.05, 3.63) is 23.6 Å². The largest absolute Gasteiger partial charge is 0.362 e. The Morgan fingerprint density at radius 2 is 2.12 bits per heavy atom. The van der Waals surface area contributed by atoms with Gasteiger partial charge in [-0.05, 0) is 6.07 Å². The molecule has 0 atom stereocenters. The van der Waals surface area contributed by atoms with Gasteiger partial charge in [0, 0.05) is 6.20 Å². The van der Waals surface area contributed by atoms with Gasteiger partial charge in [-0.15, -0.1) is 0 Å². The van der Waals surface area contributed by atoms with E-state index in [1.165, 1.54) is 6.20 Å². The first-order valence-electron chi connectivity index (χ1n) is 4.46. The van der Waals surface area contributed by atoms with Crippen LogP contribution in [0.25, 0.3) is 11.0 Å². The number of hydrogen-bond donors (Lipinski definition) is 1. The third-order valence-corrected chi connectivity index (χ3v) is 2.11. The molecule has 0 aliphatic rings. The number of hydrogen-bond acceptors (Lipinski definition) is 4. The summed E-state index contributed by atoms with van der Waals surface area (Å²) in [5.41, 5.74) is 1.08. The van der Waals surface area contributed by atoms with Crippen molar-refractivity contribution in [2.24, 2.45) is 0 Å². The number of fused-ring (bicyclic) bond motifs is 1. The summed E-state index contributed by atoms with van der Waals surface area (Å²) in [6, 6.07) is 1.63. The van der Waals surface area contributed by atoms with Crippen molar-refractivity contribution in [1.82, 2.24) is 15.0 Å². The van der Waals surface area contributed by atoms with E-state index in [2.05, 4.69) is 20.3 Å². The molecule has 0 saturated carbocycles. The molecular weight excluding hydrogens is 238 g/mol. The van der Waals surface area contributed by atoms with Crippen LogP contribution >= 0.6 is 11.6 Å². The normalized spacial score (nSPS) is 11.0. The third-order valence-electron chi connectivity index (χ3n) is 1.85. The third kappa shape index (κ3) is 2.33. The molecule has 16 heavy (non-hydrogen) atoms. The molecule has 0 spiro atoms. The first-order chi connectivity index (χ1) is 7.66. The quantitative estimate of drug-likeness (QED) is 0.901. The Labute approximate surface area is 94.7 Å². The molecule has 2 rings (SSSR count). The zero-order chi connectivity index (χ0) is 11.5. The minimum atomic E-state index is -2.47. The lowest BCUT2D eigenvalue weighted by molar-refractivity contribution is 0.163. The van der Waals surface area contributed by atoms with Crippen LogP contribution in [0.1, 0.15) is 0 Å². The summed E-state index contributed by atoms with van der Waals surface area (Å²) in [6.07, 6.45) is 0.582. The summed E-state index contributed by atoms with van der Waals surface area (Å²) in [5.74, 6) is 0.153. The number of alkyl halides is 2. The highest BCUT2D eigenvalue weighted by Gasteiger charge is 2.08. The second-order valence-corrected chi connectivity index (χ2v) is 3.36. The highest BCUT2D eigenvalue weighted by molar-refractivity contribution is 6.32. The second-order valence-electron chi connectivity index (χ2n) is 3.00. The molecule has 2 heterocycles. The van der Waals surface area contributed by atoms with Gasteiger partial charge in [0.2, 0.25) is 0 Å². The van der Waals surface area contributed by atoms with E-state index in [1.54, 1.807) is 12.3 Å². The number of rotatable bonds is 3. The number of pyridine rings is 1. The van der Waals surface area contributed by atoms with E-state index < -0.39 is 13.0 Å². The molecule has 0 saturated heterocycles. The highest BCUT2D eigenvalue weighted by atomic mass is 35.5. The first kappa shape index (κ1) is 10.9. The van der Waals surface area contributed by atoms with Crippen molar-refractivity contribution in [1.29, 1.82) is 0 Å². The standard InChI is InChI=1S/C9H7ClF2N4/c10-8-9(14-4-7(11)12)16-5-1-2-13-3-6(5)15-8/h1-3,7H,4H2,(H,14,16). The monoisotopic (exact) mass is 244 g/mol. The van der Waals surface area contributed by atoms with E-state index in [1.807, 2.05) is 0 Å². The maximum atomic E-state index is 12.0. The predicted octanol–water partition coefficient (Wildman–Crippen LogP) is 2.36. The molecule has 0 radical (unpaired) electrons. The lowest BCUT2D eigenvalue weighted by atomic mass is 10.4. The molecule has 0 aliphatic heterocycles. The van der Waals surface area contributed by atoms with Gasteiger partial charge in [-0.1, -0.05) is 11.6 Å². The molecule has 0 bridgehead atoms. The molecule has 7 heteroatoms. The summed E-state index contributed by atoms with van der Waals surface area (Å²) in [7, 11) is 0. The van der Waals surface area contributed by atoms with Crippen LogP contribution in [0, 0.1) is 0 Å². The van der Waals surface area contributed by atoms with Crippen LogP contribution in [0.5, 0.6) is 0 Å². The molecule has 1 N–H and O–H groups in total. The number of nitrogens with zero attached hydrogens (tertiary/aromatic N) is 3. The van der Waals surface area contributed by atoms with Crippen LogP contribution in [0.3, 0.4) is 0 Å². The molecule has 0 fully saturated rings. The minimum absolute atomic E-state index is 0.0566. The van der Waals surface area contributed by atoms with Crippen LogP contribution in [0.2, 0.25) is 5.15 Å². The van der Waals surface area contributed by atoms with Crippen molar-refractivity contribution >= 4 is 28.5 Å². The fourth-order valence-corrected chi connectivity index (χ4v) is 1.37. The summed E-state index contributed by atoms with van der Waals surface area (Å²) >= 11 is 5.78. The SMILES string of the molecule is FC(F)CNc1nc2ccncc2nc1Cl. The van der Waals surface area contributed by atoms with Gasteiger partial charge in [0.05, 0.1) is 18.3 Å². The Morgan fingerprint density at radius 3 is 2.88 bits per heavy atom. The molecule has 0 unspecified atom stereocenters. The topological polar surface area (TPSA) is 50.7 Å². The predicted molar refractivity (Wildman–Crippen MR) is 56.8 cm³/mol. The van der Waals surface area contributed by atoms with Crippen LogP contribution < -0.4 is 5.32 Å². The van der Waals surface area contributed by atoms with Crippen LogP contribution in [0.15, 0.2) is 18.5 Å². The molecule has 0 aliphatic carbocycles. The van der Waals surface area contributed by atoms with E-state index >= 15 is 0 Å². The van der Waals surface area contributed by atoms with E-state index in [4.69, 9.17) is 11.6 Å². The maximum absolute atomic E-state index is 12.0. The van der Waals surface area contributed by atoms with Gasteiger partial charge in [-0.3, -0.25) is 4.98 Å². The summed E-state index contributed by atoms with van der Waals surface area (Å²) in [5, 5.41) is 2.49. The van der Waals surface area contributed by atoms with Gasteiger partial charge in [0.1, 0.15) is 5.52 Å². The number of halogens is 3. The zero-order valence-corrected chi connectivity index (χ0v) is 8.75. The Morgan fingerprint density at radius 1 is 1.31 bits per heavy atom. The van der Waals surface area contributed by atoms with Gasteiger partial charge in [-0.2, -0.15) is 0 Å². The van der Waals surface area contributed by atoms with Crippen molar-refractivity contribution < 1.29 is 8.78 Å². The van der Waals surface area contributed by atoms with E-state index in [-0.39, 0.29) is 11.0 Å². The van der Waals surface area contributed by atoms with Crippen molar-refractivity contribution in [2.75, 3.05) is 11.9 Å². The Balaban J connectivity index is 2.34. The fourth-order valence-electron chi connectivity index (χ4n) is 1.17. The average Bonchev–Trinajstić information content (AvgIpc) is 2.26. The van der Waals surface area contributed by atoms with Gasteiger partial charge < -0.3 is 5.32 Å². The van der Waals surface area contributed by atoms with Crippen LogP contribution in [-0.2, 0) is 0 Å². The number of anilines is 1. The van der Waals surface area contributed by atoms with E-state index in [0.717, 1.165) is 0 Å². The van der Waals surface area contributed by atoms with E-state index in [9.17, 15) is 8.78 Å². The number of aromatic nitrogens is 3. The summed E-state index contributed by atoms with van der Waals surface area (Å²) in [6.45, 7) is -0.509. The van der Waals surface area contributed by atoms with Gasteiger partial charge >= 0.3 is 0 Å². The highest BCUT2D eigenvalue weighted by Crippen LogP contribution is 2.20. The fraction of sp³-hybridized carbons (Fsp3) is 0.222. The maximum Gasteiger partial charge on any atom is 0.255 e. The average molecular weight is 245 g/mol. The zero-order valence-electron chi connectivity index (χ0n) is 7.99. The smallest absolute Gasteiger partial charge is 0.255 e. The molecule has 0 aromatic carbocycles. The molecule has 2 aromatic heterocycles. The minimum Gasteiger partial charge on any atom is -0.362 e. The lowest BCUT2D eigenvalue weighted by Crippen LogP contribution is -2.12. The van der Waals surface area contributed by atoms with Crippen molar-refractivity contribution in [2.45, 2.75) is 6.43 Å². The van der Waals surface area contributed by atoms with Gasteiger partial charge in [-0.25, -0.2) is 18.7 Å². The summed E-state index contributed by atoms with van der Waals surface area (Å²) < 4.78 is 24.0. The van der Waals surface area contributed by atoms with Crippen molar-refractivity contribution in [3.63, 3.8) is 0 Å². The Bertz CT molecular complexity index is 506. The van der Waals surface area contributed by atoms with Gasteiger partial charge in [0.15, 0.2) is 11.0 Å². The lowest BCUT2D eigenvalue weighted by Gasteiger charge is -2.06. The Hall–Kier alpha value is -1.56. The second kappa shape index (κ2) is 4.52. The molecule has 0 amide bonds. The molecular formula is C9H7ClF2N4. The van der Waals surface area contributed by atoms with Crippen LogP contribution in [-0.4, -0.2) is 27.9 Å². The molecule has 4 nitrogen and oxygen atoms in total. The molecule has 2 aromatic rings. The number of nitrogens with one attached hydrogen (secondary N) is 1. The van der Waals surface area contributed by atoms with Crippen LogP contribution in [0.4, 0.5) is 14.6 Å². The molecule has 84 valence electrons. The Kier molecular flexibility index (Phi) is 3.09. The van der Waals surface area contributed by atoms with Crippen molar-refractivity contribution in [3.8, 4) is 0 Å². The summed E-state index contributed by atoms with van der Waals surface area (Å²) in [4.78, 5) is 11.9.